The van der Waals surface area contributed by atoms with Crippen LogP contribution in [0.2, 0.25) is 0 Å². The van der Waals surface area contributed by atoms with E-state index in [0.29, 0.717) is 35.0 Å². The molecule has 2 heterocycles. The van der Waals surface area contributed by atoms with Crippen molar-refractivity contribution in [2.24, 2.45) is 0 Å². The van der Waals surface area contributed by atoms with Gasteiger partial charge in [0.1, 0.15) is 11.5 Å². The van der Waals surface area contributed by atoms with Crippen LogP contribution in [0.1, 0.15) is 30.0 Å². The van der Waals surface area contributed by atoms with Gasteiger partial charge < -0.3 is 29.0 Å². The Morgan fingerprint density at radius 2 is 1.76 bits per heavy atom. The molecule has 0 spiro atoms. The Kier molecular flexibility index (Phi) is 6.55. The van der Waals surface area contributed by atoms with Crippen LogP contribution in [0, 0.1) is 0 Å². The number of hydrogen-bond acceptors (Lipinski definition) is 7. The van der Waals surface area contributed by atoms with Crippen molar-refractivity contribution in [3.8, 4) is 17.2 Å². The molecule has 0 unspecified atom stereocenters. The van der Waals surface area contributed by atoms with E-state index >= 15 is 0 Å². The lowest BCUT2D eigenvalue weighted by Gasteiger charge is -2.28. The van der Waals surface area contributed by atoms with Gasteiger partial charge in [-0.15, -0.1) is 0 Å². The summed E-state index contributed by atoms with van der Waals surface area (Å²) in [4.78, 5) is 27.7. The third-order valence-corrected chi connectivity index (χ3v) is 6.05. The summed E-state index contributed by atoms with van der Waals surface area (Å²) in [6, 6.07) is 11.1. The third-order valence-electron chi connectivity index (χ3n) is 6.05. The Hall–Kier alpha value is -3.52. The topological polar surface area (TPSA) is 94.5 Å². The molecule has 33 heavy (non-hydrogen) atoms. The number of ether oxygens (including phenoxy) is 4. The zero-order valence-electron chi connectivity index (χ0n) is 18.9. The Morgan fingerprint density at radius 1 is 1.03 bits per heavy atom. The van der Waals surface area contributed by atoms with Gasteiger partial charge in [-0.05, 0) is 54.8 Å². The maximum absolute atomic E-state index is 13.2. The van der Waals surface area contributed by atoms with Gasteiger partial charge in [-0.25, -0.2) is 0 Å². The van der Waals surface area contributed by atoms with Crippen molar-refractivity contribution in [3.63, 3.8) is 0 Å². The highest BCUT2D eigenvalue weighted by molar-refractivity contribution is 6.46. The lowest BCUT2D eigenvalue weighted by atomic mass is 9.94. The van der Waals surface area contributed by atoms with Crippen LogP contribution in [0.25, 0.3) is 5.76 Å². The first kappa shape index (κ1) is 22.7. The number of rotatable bonds is 7. The SMILES string of the molecule is COc1ccc(C(O)=C2C(=O)C(=O)N(C[C@@H]3CCCO3)[C@H]2c2ccc(OC)c(OC)c2)cc1. The highest BCUT2D eigenvalue weighted by Crippen LogP contribution is 2.42. The molecule has 4 rings (SSSR count). The number of aliphatic hydroxyl groups excluding tert-OH is 1. The Balaban J connectivity index is 1.83. The molecule has 1 amide bonds. The minimum Gasteiger partial charge on any atom is -0.507 e. The van der Waals surface area contributed by atoms with E-state index in [4.69, 9.17) is 18.9 Å². The predicted molar refractivity (Wildman–Crippen MR) is 121 cm³/mol. The zero-order valence-corrected chi connectivity index (χ0v) is 18.9. The molecule has 0 bridgehead atoms. The van der Waals surface area contributed by atoms with Crippen molar-refractivity contribution < 1.29 is 33.6 Å². The van der Waals surface area contributed by atoms with Gasteiger partial charge in [-0.1, -0.05) is 6.07 Å². The quantitative estimate of drug-likeness (QED) is 0.390. The number of ketones is 1. The molecular formula is C25H27NO7. The van der Waals surface area contributed by atoms with Gasteiger partial charge in [0.2, 0.25) is 0 Å². The van der Waals surface area contributed by atoms with Gasteiger partial charge in [0.15, 0.2) is 11.5 Å². The Morgan fingerprint density at radius 3 is 2.36 bits per heavy atom. The predicted octanol–water partition coefficient (Wildman–Crippen LogP) is 3.31. The summed E-state index contributed by atoms with van der Waals surface area (Å²) in [5.74, 6) is -0.0523. The number of likely N-dealkylation sites (tertiary alicyclic amines) is 1. The van der Waals surface area contributed by atoms with Gasteiger partial charge in [0.05, 0.1) is 39.0 Å². The standard InChI is InChI=1S/C25H27NO7/c1-30-17-9-6-15(7-10-17)23(27)21-22(16-8-11-19(31-2)20(13-16)32-3)26(25(29)24(21)28)14-18-5-4-12-33-18/h6-11,13,18,22,27H,4-5,12,14H2,1-3H3/t18-,22-/m0/s1. The van der Waals surface area contributed by atoms with E-state index < -0.39 is 17.7 Å². The number of hydrogen-bond donors (Lipinski definition) is 1. The summed E-state index contributed by atoms with van der Waals surface area (Å²) < 4.78 is 21.7. The number of amides is 1. The Bertz CT molecular complexity index is 1070. The minimum atomic E-state index is -0.795. The van der Waals surface area contributed by atoms with E-state index in [2.05, 4.69) is 0 Å². The van der Waals surface area contributed by atoms with E-state index in [1.165, 1.54) is 19.1 Å². The van der Waals surface area contributed by atoms with E-state index in [9.17, 15) is 14.7 Å². The van der Waals surface area contributed by atoms with Crippen LogP contribution in [-0.4, -0.2) is 62.3 Å². The molecule has 2 aromatic carbocycles. The molecule has 8 nitrogen and oxygen atoms in total. The highest BCUT2D eigenvalue weighted by Gasteiger charge is 2.47. The Labute approximate surface area is 192 Å². The molecule has 174 valence electrons. The summed E-state index contributed by atoms with van der Waals surface area (Å²) in [5, 5.41) is 11.2. The fourth-order valence-electron chi connectivity index (χ4n) is 4.35. The van der Waals surface area contributed by atoms with Crippen LogP contribution in [0.15, 0.2) is 48.0 Å². The zero-order chi connectivity index (χ0) is 23.5. The van der Waals surface area contributed by atoms with E-state index in [1.54, 1.807) is 49.6 Å². The molecule has 0 saturated carbocycles. The lowest BCUT2D eigenvalue weighted by molar-refractivity contribution is -0.140. The van der Waals surface area contributed by atoms with E-state index in [1.807, 2.05) is 0 Å². The lowest BCUT2D eigenvalue weighted by Crippen LogP contribution is -2.36. The van der Waals surface area contributed by atoms with Gasteiger partial charge in [0, 0.05) is 18.7 Å². The van der Waals surface area contributed by atoms with Crippen molar-refractivity contribution in [2.45, 2.75) is 25.0 Å². The average Bonchev–Trinajstić information content (AvgIpc) is 3.45. The van der Waals surface area contributed by atoms with Gasteiger partial charge in [-0.3, -0.25) is 9.59 Å². The second-order valence-electron chi connectivity index (χ2n) is 7.93. The number of aliphatic hydroxyl groups is 1. The number of carbonyl (C=O) groups is 2. The monoisotopic (exact) mass is 453 g/mol. The second-order valence-corrected chi connectivity index (χ2v) is 7.93. The molecule has 2 atom stereocenters. The molecule has 1 N–H and O–H groups in total. The van der Waals surface area contributed by atoms with E-state index in [-0.39, 0.29) is 24.0 Å². The van der Waals surface area contributed by atoms with E-state index in [0.717, 1.165) is 12.8 Å². The first-order chi connectivity index (χ1) is 16.0. The van der Waals surface area contributed by atoms with Gasteiger partial charge in [0.25, 0.3) is 11.7 Å². The number of carbonyl (C=O) groups excluding carboxylic acids is 2. The largest absolute Gasteiger partial charge is 0.507 e. The molecule has 0 aliphatic carbocycles. The van der Waals surface area contributed by atoms with Crippen LogP contribution in [0.4, 0.5) is 0 Å². The molecule has 0 radical (unpaired) electrons. The maximum Gasteiger partial charge on any atom is 0.295 e. The molecule has 2 aliphatic rings. The molecule has 0 aromatic heterocycles. The number of Topliss-reactive ketones (excluding diaryl/α,β-unsaturated/α-hetero) is 1. The van der Waals surface area contributed by atoms with Crippen LogP contribution < -0.4 is 14.2 Å². The first-order valence-corrected chi connectivity index (χ1v) is 10.7. The smallest absolute Gasteiger partial charge is 0.295 e. The third kappa shape index (κ3) is 4.26. The van der Waals surface area contributed by atoms with Gasteiger partial charge >= 0.3 is 0 Å². The molecule has 2 aromatic rings. The van der Waals surface area contributed by atoms with Crippen molar-refractivity contribution in [1.29, 1.82) is 0 Å². The molecule has 2 aliphatic heterocycles. The first-order valence-electron chi connectivity index (χ1n) is 10.7. The van der Waals surface area contributed by atoms with Gasteiger partial charge in [-0.2, -0.15) is 0 Å². The van der Waals surface area contributed by atoms with Crippen LogP contribution in [0.5, 0.6) is 17.2 Å². The van der Waals surface area contributed by atoms with Crippen molar-refractivity contribution >= 4 is 17.4 Å². The summed E-state index contributed by atoms with van der Waals surface area (Å²) >= 11 is 0. The average molecular weight is 453 g/mol. The van der Waals surface area contributed by atoms with Crippen LogP contribution in [0.3, 0.4) is 0 Å². The summed E-state index contributed by atoms with van der Waals surface area (Å²) in [6.07, 6.45) is 1.55. The van der Waals surface area contributed by atoms with Crippen LogP contribution >= 0.6 is 0 Å². The normalized spacial score (nSPS) is 22.0. The maximum atomic E-state index is 13.2. The molecule has 8 heteroatoms. The fraction of sp³-hybridized carbons (Fsp3) is 0.360. The minimum absolute atomic E-state index is 0.0235. The molecular weight excluding hydrogens is 426 g/mol. The summed E-state index contributed by atoms with van der Waals surface area (Å²) in [5.41, 5.74) is 1.06. The number of nitrogens with zero attached hydrogens (tertiary/aromatic N) is 1. The van der Waals surface area contributed by atoms with Crippen LogP contribution in [-0.2, 0) is 14.3 Å². The fourth-order valence-corrected chi connectivity index (χ4v) is 4.35. The van der Waals surface area contributed by atoms with Crippen molar-refractivity contribution in [2.75, 3.05) is 34.5 Å². The summed E-state index contributed by atoms with van der Waals surface area (Å²) in [7, 11) is 4.59. The van der Waals surface area contributed by atoms with Crippen molar-refractivity contribution in [1.82, 2.24) is 4.90 Å². The molecule has 2 saturated heterocycles. The molecule has 2 fully saturated rings. The number of benzene rings is 2. The highest BCUT2D eigenvalue weighted by atomic mass is 16.5. The number of methoxy groups -OCH3 is 3. The van der Waals surface area contributed by atoms with Crippen molar-refractivity contribution in [3.05, 3.63) is 59.2 Å². The second kappa shape index (κ2) is 9.54. The summed E-state index contributed by atoms with van der Waals surface area (Å²) in [6.45, 7) is 0.879.